The molecule has 0 aliphatic carbocycles. The molecule has 3 heterocycles. The van der Waals surface area contributed by atoms with Crippen molar-refractivity contribution < 1.29 is 4.79 Å². The number of carbonyl (C=O) groups is 1. The molecule has 0 aromatic carbocycles. The van der Waals surface area contributed by atoms with Gasteiger partial charge >= 0.3 is 0 Å². The van der Waals surface area contributed by atoms with E-state index in [2.05, 4.69) is 20.7 Å². The molecule has 1 aliphatic rings. The molecule has 3 rings (SSSR count). The third-order valence-corrected chi connectivity index (χ3v) is 5.25. The van der Waals surface area contributed by atoms with Crippen LogP contribution in [0.2, 0.25) is 0 Å². The summed E-state index contributed by atoms with van der Waals surface area (Å²) in [4.78, 5) is 18.7. The van der Waals surface area contributed by atoms with Crippen molar-refractivity contribution in [2.24, 2.45) is 7.05 Å². The molecule has 6 nitrogen and oxygen atoms in total. The SMILES string of the molecule is Cc1cc(C(=O)Nc2nc(C3CCNCC3)nn2C)sc1C.Cl. The highest BCUT2D eigenvalue weighted by atomic mass is 35.5. The molecule has 2 aromatic rings. The van der Waals surface area contributed by atoms with E-state index in [-0.39, 0.29) is 18.3 Å². The van der Waals surface area contributed by atoms with E-state index in [1.54, 1.807) is 4.68 Å². The number of carbonyl (C=O) groups excluding carboxylic acids is 1. The molecule has 0 saturated carbocycles. The standard InChI is InChI=1S/C15H21N5OS.ClH/c1-9-8-12(22-10(9)2)14(21)18-15-17-13(19-20(15)3)11-4-6-16-7-5-11;/h8,11,16H,4-7H2,1-3H3,(H,17,18,19,21);1H. The van der Waals surface area contributed by atoms with Crippen molar-refractivity contribution >= 4 is 35.6 Å². The predicted octanol–water partition coefficient (Wildman–Crippen LogP) is 2.63. The molecule has 126 valence electrons. The summed E-state index contributed by atoms with van der Waals surface area (Å²) >= 11 is 1.50. The monoisotopic (exact) mass is 355 g/mol. The molecule has 1 aliphatic heterocycles. The van der Waals surface area contributed by atoms with Gasteiger partial charge in [-0.25, -0.2) is 4.68 Å². The van der Waals surface area contributed by atoms with Gasteiger partial charge in [0.25, 0.3) is 5.91 Å². The number of hydrogen-bond acceptors (Lipinski definition) is 5. The smallest absolute Gasteiger partial charge is 0.268 e. The molecule has 0 radical (unpaired) electrons. The van der Waals surface area contributed by atoms with Gasteiger partial charge in [0, 0.05) is 17.8 Å². The number of piperidine rings is 1. The molecule has 0 unspecified atom stereocenters. The molecule has 23 heavy (non-hydrogen) atoms. The maximum absolute atomic E-state index is 12.3. The highest BCUT2D eigenvalue weighted by Crippen LogP contribution is 2.24. The number of halogens is 1. The molecule has 0 spiro atoms. The first-order chi connectivity index (χ1) is 10.5. The van der Waals surface area contributed by atoms with Gasteiger partial charge in [-0.2, -0.15) is 10.1 Å². The van der Waals surface area contributed by atoms with Gasteiger partial charge in [-0.1, -0.05) is 0 Å². The number of thiophene rings is 1. The Balaban J connectivity index is 0.00000192. The van der Waals surface area contributed by atoms with Gasteiger partial charge in [-0.3, -0.25) is 10.1 Å². The molecular weight excluding hydrogens is 334 g/mol. The van der Waals surface area contributed by atoms with Crippen LogP contribution in [0.15, 0.2) is 6.07 Å². The number of hydrogen-bond donors (Lipinski definition) is 2. The second kappa shape index (κ2) is 7.42. The van der Waals surface area contributed by atoms with E-state index < -0.39 is 0 Å². The van der Waals surface area contributed by atoms with Gasteiger partial charge in [0.05, 0.1) is 4.88 Å². The van der Waals surface area contributed by atoms with Crippen LogP contribution in [0.1, 0.15) is 44.7 Å². The second-order valence-electron chi connectivity index (χ2n) is 5.75. The van der Waals surface area contributed by atoms with Crippen LogP contribution < -0.4 is 10.6 Å². The lowest BCUT2D eigenvalue weighted by Crippen LogP contribution is -2.27. The van der Waals surface area contributed by atoms with Crippen LogP contribution in [0.4, 0.5) is 5.95 Å². The van der Waals surface area contributed by atoms with Gasteiger partial charge in [0.15, 0.2) is 5.82 Å². The Kier molecular flexibility index (Phi) is 5.78. The lowest BCUT2D eigenvalue weighted by atomic mass is 9.98. The van der Waals surface area contributed by atoms with Crippen molar-refractivity contribution in [1.82, 2.24) is 20.1 Å². The first kappa shape index (κ1) is 17.9. The van der Waals surface area contributed by atoms with E-state index >= 15 is 0 Å². The van der Waals surface area contributed by atoms with Crippen molar-refractivity contribution in [2.75, 3.05) is 18.4 Å². The zero-order valence-corrected chi connectivity index (χ0v) is 15.2. The van der Waals surface area contributed by atoms with Gasteiger partial charge in [0.1, 0.15) is 0 Å². The Bertz CT molecular complexity index is 671. The summed E-state index contributed by atoms with van der Waals surface area (Å²) in [6.45, 7) is 6.03. The van der Waals surface area contributed by atoms with E-state index in [1.165, 1.54) is 16.2 Å². The van der Waals surface area contributed by atoms with Crippen molar-refractivity contribution in [3.8, 4) is 0 Å². The molecule has 1 amide bonds. The van der Waals surface area contributed by atoms with E-state index in [1.807, 2.05) is 27.0 Å². The lowest BCUT2D eigenvalue weighted by molar-refractivity contribution is 0.102. The first-order valence-corrected chi connectivity index (χ1v) is 8.36. The van der Waals surface area contributed by atoms with Crippen LogP contribution in [0.3, 0.4) is 0 Å². The average molecular weight is 356 g/mol. The predicted molar refractivity (Wildman–Crippen MR) is 94.8 cm³/mol. The van der Waals surface area contributed by atoms with Crippen LogP contribution >= 0.6 is 23.7 Å². The molecule has 2 aromatic heterocycles. The van der Waals surface area contributed by atoms with Crippen molar-refractivity contribution in [3.05, 3.63) is 27.2 Å². The fourth-order valence-corrected chi connectivity index (χ4v) is 3.54. The van der Waals surface area contributed by atoms with Crippen molar-refractivity contribution in [3.63, 3.8) is 0 Å². The Morgan fingerprint density at radius 3 is 2.70 bits per heavy atom. The quantitative estimate of drug-likeness (QED) is 0.887. The fraction of sp³-hybridized carbons (Fsp3) is 0.533. The second-order valence-corrected chi connectivity index (χ2v) is 7.00. The number of nitrogens with one attached hydrogen (secondary N) is 2. The van der Waals surface area contributed by atoms with E-state index in [0.717, 1.165) is 37.3 Å². The Labute approximate surface area is 146 Å². The van der Waals surface area contributed by atoms with Gasteiger partial charge in [0.2, 0.25) is 5.95 Å². The normalized spacial score (nSPS) is 15.3. The van der Waals surface area contributed by atoms with E-state index in [9.17, 15) is 4.79 Å². The minimum atomic E-state index is -0.117. The average Bonchev–Trinajstić information content (AvgIpc) is 3.04. The summed E-state index contributed by atoms with van der Waals surface area (Å²) < 4.78 is 1.66. The maximum Gasteiger partial charge on any atom is 0.268 e. The zero-order valence-electron chi connectivity index (χ0n) is 13.5. The molecule has 2 N–H and O–H groups in total. The summed E-state index contributed by atoms with van der Waals surface area (Å²) in [7, 11) is 1.82. The lowest BCUT2D eigenvalue weighted by Gasteiger charge is -2.19. The summed E-state index contributed by atoms with van der Waals surface area (Å²) in [6.07, 6.45) is 2.08. The fourth-order valence-electron chi connectivity index (χ4n) is 2.61. The number of anilines is 1. The van der Waals surface area contributed by atoms with Gasteiger partial charge in [-0.15, -0.1) is 23.7 Å². The third kappa shape index (κ3) is 3.91. The first-order valence-electron chi connectivity index (χ1n) is 7.54. The third-order valence-electron chi connectivity index (χ3n) is 4.10. The Morgan fingerprint density at radius 2 is 2.09 bits per heavy atom. The minimum absolute atomic E-state index is 0. The highest BCUT2D eigenvalue weighted by Gasteiger charge is 2.21. The molecule has 0 bridgehead atoms. The summed E-state index contributed by atoms with van der Waals surface area (Å²) in [5.41, 5.74) is 1.14. The minimum Gasteiger partial charge on any atom is -0.317 e. The number of aryl methyl sites for hydroxylation is 3. The molecule has 1 saturated heterocycles. The van der Waals surface area contributed by atoms with E-state index in [4.69, 9.17) is 0 Å². The van der Waals surface area contributed by atoms with Crippen LogP contribution in [0.5, 0.6) is 0 Å². The largest absolute Gasteiger partial charge is 0.317 e. The molecule has 8 heteroatoms. The maximum atomic E-state index is 12.3. The van der Waals surface area contributed by atoms with Crippen LogP contribution in [0, 0.1) is 13.8 Å². The Morgan fingerprint density at radius 1 is 1.39 bits per heavy atom. The summed E-state index contributed by atoms with van der Waals surface area (Å²) in [5.74, 6) is 1.61. The number of rotatable bonds is 3. The van der Waals surface area contributed by atoms with Crippen LogP contribution in [0.25, 0.3) is 0 Å². The zero-order chi connectivity index (χ0) is 15.7. The molecule has 0 atom stereocenters. The topological polar surface area (TPSA) is 71.8 Å². The summed E-state index contributed by atoms with van der Waals surface area (Å²) in [6, 6.07) is 1.92. The number of aromatic nitrogens is 3. The van der Waals surface area contributed by atoms with Gasteiger partial charge < -0.3 is 5.32 Å². The van der Waals surface area contributed by atoms with Crippen molar-refractivity contribution in [2.45, 2.75) is 32.6 Å². The number of amides is 1. The Hall–Kier alpha value is -1.44. The van der Waals surface area contributed by atoms with Crippen molar-refractivity contribution in [1.29, 1.82) is 0 Å². The molecular formula is C15H22ClN5OS. The summed E-state index contributed by atoms with van der Waals surface area (Å²) in [5, 5.41) is 10.7. The van der Waals surface area contributed by atoms with E-state index in [0.29, 0.717) is 16.7 Å². The highest BCUT2D eigenvalue weighted by molar-refractivity contribution is 7.14. The molecule has 1 fully saturated rings. The van der Waals surface area contributed by atoms with Crippen LogP contribution in [-0.2, 0) is 7.05 Å². The van der Waals surface area contributed by atoms with Crippen LogP contribution in [-0.4, -0.2) is 33.8 Å². The number of nitrogens with zero attached hydrogens (tertiary/aromatic N) is 3. The van der Waals surface area contributed by atoms with Gasteiger partial charge in [-0.05, 0) is 51.4 Å².